The summed E-state index contributed by atoms with van der Waals surface area (Å²) < 4.78 is 14.0. The Bertz CT molecular complexity index is 409. The van der Waals surface area contributed by atoms with E-state index in [1.807, 2.05) is 24.8 Å². The highest BCUT2D eigenvalue weighted by molar-refractivity contribution is 8.00. The molecule has 1 aromatic rings. The van der Waals surface area contributed by atoms with Crippen LogP contribution in [0.25, 0.3) is 0 Å². The summed E-state index contributed by atoms with van der Waals surface area (Å²) in [6.45, 7) is 6.12. The molecule has 0 spiro atoms. The summed E-state index contributed by atoms with van der Waals surface area (Å²) in [5, 5.41) is 0.602. The van der Waals surface area contributed by atoms with Gasteiger partial charge in [0.05, 0.1) is 0 Å². The van der Waals surface area contributed by atoms with Gasteiger partial charge in [-0.05, 0) is 25.5 Å². The van der Waals surface area contributed by atoms with Gasteiger partial charge in [-0.3, -0.25) is 0 Å². The van der Waals surface area contributed by atoms with Crippen molar-refractivity contribution in [3.8, 4) is 0 Å². The molecule has 2 atom stereocenters. The third kappa shape index (κ3) is 3.18. The Hall–Kier alpha value is -0.740. The number of halogens is 1. The molecule has 1 aromatic carbocycles. The van der Waals surface area contributed by atoms with Gasteiger partial charge in [-0.15, -0.1) is 0 Å². The average molecular weight is 268 g/mol. The summed E-state index contributed by atoms with van der Waals surface area (Å²) in [6, 6.07) is 5.33. The van der Waals surface area contributed by atoms with Crippen molar-refractivity contribution in [2.45, 2.75) is 31.6 Å². The van der Waals surface area contributed by atoms with Gasteiger partial charge in [0, 0.05) is 41.4 Å². The number of anilines is 1. The fourth-order valence-corrected chi connectivity index (χ4v) is 3.42. The molecule has 1 fully saturated rings. The third-order valence-corrected chi connectivity index (χ3v) is 4.34. The minimum Gasteiger partial charge on any atom is -0.369 e. The molecule has 0 radical (unpaired) electrons. The van der Waals surface area contributed by atoms with E-state index in [1.165, 1.54) is 6.07 Å². The molecule has 0 bridgehead atoms. The number of hydrogen-bond donors (Lipinski definition) is 1. The summed E-state index contributed by atoms with van der Waals surface area (Å²) in [6.07, 6.45) is 0.597. The fourth-order valence-electron chi connectivity index (χ4n) is 2.40. The molecule has 2 N–H and O–H groups in total. The van der Waals surface area contributed by atoms with E-state index in [0.717, 1.165) is 30.1 Å². The predicted octanol–water partition coefficient (Wildman–Crippen LogP) is 2.66. The van der Waals surface area contributed by atoms with E-state index >= 15 is 0 Å². The molecule has 4 heteroatoms. The molecule has 1 aliphatic heterocycles. The number of benzene rings is 1. The van der Waals surface area contributed by atoms with E-state index in [4.69, 9.17) is 5.73 Å². The fraction of sp³-hybridized carbons (Fsp3) is 0.571. The van der Waals surface area contributed by atoms with Gasteiger partial charge < -0.3 is 10.6 Å². The van der Waals surface area contributed by atoms with Crippen LogP contribution in [0, 0.1) is 5.82 Å². The summed E-state index contributed by atoms with van der Waals surface area (Å²) in [7, 11) is 0. The third-order valence-electron chi connectivity index (χ3n) is 3.20. The van der Waals surface area contributed by atoms with Gasteiger partial charge in [0.1, 0.15) is 5.82 Å². The first-order valence-electron chi connectivity index (χ1n) is 6.47. The first-order chi connectivity index (χ1) is 8.58. The van der Waals surface area contributed by atoms with Crippen molar-refractivity contribution in [3.63, 3.8) is 0 Å². The molecular weight excluding hydrogens is 247 g/mol. The SMILES string of the molecule is CC(N)Cc1c(F)cccc1N1CCSC(C)C1. The highest BCUT2D eigenvalue weighted by Gasteiger charge is 2.21. The van der Waals surface area contributed by atoms with Gasteiger partial charge in [-0.2, -0.15) is 11.8 Å². The van der Waals surface area contributed by atoms with Crippen molar-refractivity contribution in [1.29, 1.82) is 0 Å². The molecule has 2 nitrogen and oxygen atoms in total. The van der Waals surface area contributed by atoms with E-state index < -0.39 is 0 Å². The summed E-state index contributed by atoms with van der Waals surface area (Å²) in [4.78, 5) is 2.29. The zero-order valence-electron chi connectivity index (χ0n) is 11.0. The molecule has 2 unspecified atom stereocenters. The molecule has 0 aliphatic carbocycles. The second kappa shape index (κ2) is 5.93. The van der Waals surface area contributed by atoms with Crippen molar-refractivity contribution in [3.05, 3.63) is 29.6 Å². The molecule has 0 amide bonds. The maximum Gasteiger partial charge on any atom is 0.128 e. The Morgan fingerprint density at radius 1 is 1.56 bits per heavy atom. The van der Waals surface area contributed by atoms with E-state index in [1.54, 1.807) is 6.07 Å². The number of rotatable bonds is 3. The molecular formula is C14H21FN2S. The number of nitrogens with two attached hydrogens (primary N) is 1. The van der Waals surface area contributed by atoms with Gasteiger partial charge in [-0.1, -0.05) is 13.0 Å². The Labute approximate surface area is 113 Å². The summed E-state index contributed by atoms with van der Waals surface area (Å²) in [5.74, 6) is 0.977. The normalized spacial score (nSPS) is 22.0. The first-order valence-corrected chi connectivity index (χ1v) is 7.52. The Kier molecular flexibility index (Phi) is 4.51. The van der Waals surface area contributed by atoms with E-state index in [9.17, 15) is 4.39 Å². The molecule has 2 rings (SSSR count). The van der Waals surface area contributed by atoms with Gasteiger partial charge in [0.2, 0.25) is 0 Å². The van der Waals surface area contributed by atoms with Crippen molar-refractivity contribution >= 4 is 17.4 Å². The zero-order chi connectivity index (χ0) is 13.1. The Balaban J connectivity index is 2.28. The van der Waals surface area contributed by atoms with E-state index in [2.05, 4.69) is 11.8 Å². The van der Waals surface area contributed by atoms with Crippen LogP contribution in [0.1, 0.15) is 19.4 Å². The van der Waals surface area contributed by atoms with E-state index in [-0.39, 0.29) is 11.9 Å². The maximum absolute atomic E-state index is 14.0. The van der Waals surface area contributed by atoms with Crippen LogP contribution in [0.5, 0.6) is 0 Å². The standard InChI is InChI=1S/C14H21FN2S/c1-10(16)8-12-13(15)4-3-5-14(12)17-6-7-18-11(2)9-17/h3-5,10-11H,6-9,16H2,1-2H3. The van der Waals surface area contributed by atoms with Crippen LogP contribution in [-0.4, -0.2) is 30.1 Å². The second-order valence-electron chi connectivity index (χ2n) is 5.05. The van der Waals surface area contributed by atoms with Gasteiger partial charge in [0.25, 0.3) is 0 Å². The monoisotopic (exact) mass is 268 g/mol. The molecule has 0 saturated carbocycles. The number of nitrogens with zero attached hydrogens (tertiary/aromatic N) is 1. The maximum atomic E-state index is 14.0. The van der Waals surface area contributed by atoms with Crippen molar-refractivity contribution in [2.75, 3.05) is 23.7 Å². The van der Waals surface area contributed by atoms with Crippen LogP contribution in [0.2, 0.25) is 0 Å². The molecule has 1 heterocycles. The van der Waals surface area contributed by atoms with Crippen LogP contribution in [0.4, 0.5) is 10.1 Å². The van der Waals surface area contributed by atoms with E-state index in [0.29, 0.717) is 11.7 Å². The molecule has 1 aliphatic rings. The van der Waals surface area contributed by atoms with Crippen LogP contribution in [-0.2, 0) is 6.42 Å². The highest BCUT2D eigenvalue weighted by Crippen LogP contribution is 2.29. The lowest BCUT2D eigenvalue weighted by molar-refractivity contribution is 0.593. The van der Waals surface area contributed by atoms with Crippen LogP contribution >= 0.6 is 11.8 Å². The topological polar surface area (TPSA) is 29.3 Å². The smallest absolute Gasteiger partial charge is 0.128 e. The molecule has 100 valence electrons. The predicted molar refractivity (Wildman–Crippen MR) is 77.9 cm³/mol. The van der Waals surface area contributed by atoms with Gasteiger partial charge in [0.15, 0.2) is 0 Å². The highest BCUT2D eigenvalue weighted by atomic mass is 32.2. The van der Waals surface area contributed by atoms with Crippen molar-refractivity contribution in [2.24, 2.45) is 5.73 Å². The Morgan fingerprint density at radius 2 is 2.33 bits per heavy atom. The molecule has 1 saturated heterocycles. The molecule has 18 heavy (non-hydrogen) atoms. The zero-order valence-corrected chi connectivity index (χ0v) is 11.8. The van der Waals surface area contributed by atoms with Crippen molar-refractivity contribution in [1.82, 2.24) is 0 Å². The lowest BCUT2D eigenvalue weighted by Gasteiger charge is -2.34. The average Bonchev–Trinajstić information content (AvgIpc) is 2.31. The minimum absolute atomic E-state index is 0.0164. The Morgan fingerprint density at radius 3 is 3.00 bits per heavy atom. The first kappa shape index (κ1) is 13.7. The molecule has 0 aromatic heterocycles. The largest absolute Gasteiger partial charge is 0.369 e. The van der Waals surface area contributed by atoms with Gasteiger partial charge in [-0.25, -0.2) is 4.39 Å². The van der Waals surface area contributed by atoms with Crippen LogP contribution in [0.3, 0.4) is 0 Å². The van der Waals surface area contributed by atoms with Crippen molar-refractivity contribution < 1.29 is 4.39 Å². The van der Waals surface area contributed by atoms with Gasteiger partial charge >= 0.3 is 0 Å². The summed E-state index contributed by atoms with van der Waals surface area (Å²) in [5.41, 5.74) is 7.63. The summed E-state index contributed by atoms with van der Waals surface area (Å²) >= 11 is 1.98. The lowest BCUT2D eigenvalue weighted by atomic mass is 10.0. The minimum atomic E-state index is -0.129. The van der Waals surface area contributed by atoms with Crippen LogP contribution in [0.15, 0.2) is 18.2 Å². The number of hydrogen-bond acceptors (Lipinski definition) is 3. The quantitative estimate of drug-likeness (QED) is 0.914. The second-order valence-corrected chi connectivity index (χ2v) is 6.59. The van der Waals surface area contributed by atoms with Crippen LogP contribution < -0.4 is 10.6 Å². The number of thioether (sulfide) groups is 1. The lowest BCUT2D eigenvalue weighted by Crippen LogP contribution is -2.37.